The van der Waals surface area contributed by atoms with Crippen molar-refractivity contribution in [1.82, 2.24) is 15.0 Å². The van der Waals surface area contributed by atoms with E-state index < -0.39 is 6.10 Å². The topological polar surface area (TPSA) is 84.1 Å². The van der Waals surface area contributed by atoms with E-state index in [9.17, 15) is 5.11 Å². The van der Waals surface area contributed by atoms with Gasteiger partial charge in [-0.1, -0.05) is 13.8 Å². The molecule has 26 heavy (non-hydrogen) atoms. The van der Waals surface area contributed by atoms with Crippen molar-refractivity contribution in [1.29, 1.82) is 0 Å². The molecule has 0 spiro atoms. The number of aromatic nitrogens is 3. The van der Waals surface area contributed by atoms with Crippen LogP contribution < -0.4 is 5.32 Å². The SMILES string of the molecule is CC(C)Cc1nc2oc3c(NC[C@H](C)O)ncnc3c2c2c1CCCC2. The maximum atomic E-state index is 9.56. The fourth-order valence-corrected chi connectivity index (χ4v) is 3.86. The van der Waals surface area contributed by atoms with Crippen LogP contribution in [0, 0.1) is 5.92 Å². The lowest BCUT2D eigenvalue weighted by Gasteiger charge is -2.20. The van der Waals surface area contributed by atoms with Crippen LogP contribution in [0.25, 0.3) is 22.2 Å². The predicted octanol–water partition coefficient (Wildman–Crippen LogP) is 3.64. The molecule has 0 saturated carbocycles. The zero-order valence-electron chi connectivity index (χ0n) is 15.7. The van der Waals surface area contributed by atoms with Crippen LogP contribution in [0.15, 0.2) is 10.7 Å². The Morgan fingerprint density at radius 2 is 1.92 bits per heavy atom. The predicted molar refractivity (Wildman–Crippen MR) is 102 cm³/mol. The molecule has 6 heteroatoms. The summed E-state index contributed by atoms with van der Waals surface area (Å²) < 4.78 is 6.12. The highest BCUT2D eigenvalue weighted by Crippen LogP contribution is 2.37. The minimum absolute atomic E-state index is 0.410. The Hall–Kier alpha value is -2.21. The maximum Gasteiger partial charge on any atom is 0.229 e. The molecular formula is C20H26N4O2. The Morgan fingerprint density at radius 3 is 2.65 bits per heavy atom. The van der Waals surface area contributed by atoms with Crippen molar-refractivity contribution in [2.75, 3.05) is 11.9 Å². The van der Waals surface area contributed by atoms with E-state index in [1.807, 2.05) is 0 Å². The zero-order valence-corrected chi connectivity index (χ0v) is 15.7. The minimum atomic E-state index is -0.465. The molecule has 0 fully saturated rings. The van der Waals surface area contributed by atoms with Gasteiger partial charge in [0.25, 0.3) is 0 Å². The van der Waals surface area contributed by atoms with Gasteiger partial charge in [-0.3, -0.25) is 0 Å². The molecule has 138 valence electrons. The standard InChI is InChI=1S/C20H26N4O2/c1-11(2)8-15-13-6-4-5-7-14(13)16-17-18(26-20(16)24-15)19(23-10-22-17)21-9-12(3)25/h10-12,25H,4-9H2,1-3H3,(H,21,22,23)/t12-/m0/s1. The Morgan fingerprint density at radius 1 is 1.15 bits per heavy atom. The average Bonchev–Trinajstić information content (AvgIpc) is 2.98. The highest BCUT2D eigenvalue weighted by atomic mass is 16.3. The molecule has 0 amide bonds. The van der Waals surface area contributed by atoms with E-state index in [1.165, 1.54) is 29.7 Å². The molecule has 1 atom stereocenters. The molecule has 3 aromatic rings. The number of nitrogens with zero attached hydrogens (tertiary/aromatic N) is 3. The number of pyridine rings is 1. The summed E-state index contributed by atoms with van der Waals surface area (Å²) in [6.07, 6.45) is 6.61. The van der Waals surface area contributed by atoms with Gasteiger partial charge in [-0.2, -0.15) is 0 Å². The second-order valence-corrected chi connectivity index (χ2v) is 7.73. The molecule has 0 saturated heterocycles. The van der Waals surface area contributed by atoms with Gasteiger partial charge in [-0.05, 0) is 56.1 Å². The molecule has 1 aliphatic carbocycles. The molecule has 4 rings (SSSR count). The first kappa shape index (κ1) is 17.2. The number of fused-ring (bicyclic) bond motifs is 5. The van der Waals surface area contributed by atoms with Crippen LogP contribution in [0.3, 0.4) is 0 Å². The summed E-state index contributed by atoms with van der Waals surface area (Å²) in [7, 11) is 0. The molecule has 6 nitrogen and oxygen atoms in total. The summed E-state index contributed by atoms with van der Waals surface area (Å²) in [6.45, 7) is 6.60. The first-order chi connectivity index (χ1) is 12.5. The number of aliphatic hydroxyl groups is 1. The Balaban J connectivity index is 1.93. The number of anilines is 1. The van der Waals surface area contributed by atoms with Crippen molar-refractivity contribution < 1.29 is 9.52 Å². The lowest BCUT2D eigenvalue weighted by molar-refractivity contribution is 0.208. The molecule has 0 bridgehead atoms. The highest BCUT2D eigenvalue weighted by Gasteiger charge is 2.24. The van der Waals surface area contributed by atoms with Gasteiger partial charge in [0, 0.05) is 12.2 Å². The van der Waals surface area contributed by atoms with E-state index in [-0.39, 0.29) is 0 Å². The van der Waals surface area contributed by atoms with Gasteiger partial charge in [0.05, 0.1) is 11.5 Å². The summed E-state index contributed by atoms with van der Waals surface area (Å²) in [4.78, 5) is 13.7. The number of aryl methyl sites for hydroxylation is 1. The van der Waals surface area contributed by atoms with Crippen LogP contribution >= 0.6 is 0 Å². The van der Waals surface area contributed by atoms with E-state index in [4.69, 9.17) is 9.40 Å². The maximum absolute atomic E-state index is 9.56. The van der Waals surface area contributed by atoms with Crippen LogP contribution in [-0.2, 0) is 19.3 Å². The minimum Gasteiger partial charge on any atom is -0.432 e. The van der Waals surface area contributed by atoms with Gasteiger partial charge in [-0.25, -0.2) is 15.0 Å². The first-order valence-electron chi connectivity index (χ1n) is 9.54. The molecule has 3 aromatic heterocycles. The van der Waals surface area contributed by atoms with Crippen molar-refractivity contribution >= 4 is 28.0 Å². The lowest BCUT2D eigenvalue weighted by atomic mass is 9.87. The third kappa shape index (κ3) is 3.03. The van der Waals surface area contributed by atoms with Gasteiger partial charge < -0.3 is 14.8 Å². The Labute approximate surface area is 153 Å². The first-order valence-corrected chi connectivity index (χ1v) is 9.54. The summed E-state index contributed by atoms with van der Waals surface area (Å²) in [5, 5.41) is 13.8. The molecule has 0 aromatic carbocycles. The number of aliphatic hydroxyl groups excluding tert-OH is 1. The van der Waals surface area contributed by atoms with Crippen molar-refractivity contribution in [2.45, 2.75) is 59.0 Å². The van der Waals surface area contributed by atoms with Crippen molar-refractivity contribution in [2.24, 2.45) is 5.92 Å². The fourth-order valence-electron chi connectivity index (χ4n) is 3.86. The Kier molecular flexibility index (Phi) is 4.53. The van der Waals surface area contributed by atoms with Crippen LogP contribution in [-0.4, -0.2) is 32.7 Å². The van der Waals surface area contributed by atoms with E-state index in [2.05, 4.69) is 29.1 Å². The van der Waals surface area contributed by atoms with Crippen molar-refractivity contribution in [3.8, 4) is 0 Å². The second kappa shape index (κ2) is 6.83. The Bertz CT molecular complexity index is 946. The average molecular weight is 354 g/mol. The van der Waals surface area contributed by atoms with Gasteiger partial charge >= 0.3 is 0 Å². The van der Waals surface area contributed by atoms with Gasteiger partial charge in [-0.15, -0.1) is 0 Å². The molecule has 0 unspecified atom stereocenters. The number of hydrogen-bond acceptors (Lipinski definition) is 6. The number of rotatable bonds is 5. The van der Waals surface area contributed by atoms with Gasteiger partial charge in [0.1, 0.15) is 11.8 Å². The smallest absolute Gasteiger partial charge is 0.229 e. The van der Waals surface area contributed by atoms with Crippen LogP contribution in [0.1, 0.15) is 50.4 Å². The normalized spacial score (nSPS) is 15.6. The lowest BCUT2D eigenvalue weighted by Crippen LogP contribution is -2.16. The van der Waals surface area contributed by atoms with E-state index >= 15 is 0 Å². The van der Waals surface area contributed by atoms with Crippen molar-refractivity contribution in [3.63, 3.8) is 0 Å². The fraction of sp³-hybridized carbons (Fsp3) is 0.550. The van der Waals surface area contributed by atoms with Gasteiger partial charge in [0.15, 0.2) is 11.4 Å². The van der Waals surface area contributed by atoms with Crippen LogP contribution in [0.5, 0.6) is 0 Å². The van der Waals surface area contributed by atoms with Gasteiger partial charge in [0.2, 0.25) is 5.71 Å². The van der Waals surface area contributed by atoms with E-state index in [0.29, 0.717) is 29.6 Å². The molecular weight excluding hydrogens is 328 g/mol. The third-order valence-electron chi connectivity index (χ3n) is 4.97. The molecule has 3 heterocycles. The van der Waals surface area contributed by atoms with Crippen LogP contribution in [0.4, 0.5) is 5.82 Å². The molecule has 0 radical (unpaired) electrons. The quantitative estimate of drug-likeness (QED) is 0.728. The summed E-state index contributed by atoms with van der Waals surface area (Å²) in [5.41, 5.74) is 6.05. The largest absolute Gasteiger partial charge is 0.432 e. The number of furan rings is 1. The number of nitrogens with one attached hydrogen (secondary N) is 1. The number of hydrogen-bond donors (Lipinski definition) is 2. The summed E-state index contributed by atoms with van der Waals surface area (Å²) in [5.74, 6) is 1.17. The van der Waals surface area contributed by atoms with Crippen LogP contribution in [0.2, 0.25) is 0 Å². The summed E-state index contributed by atoms with van der Waals surface area (Å²) >= 11 is 0. The summed E-state index contributed by atoms with van der Waals surface area (Å²) in [6, 6.07) is 0. The third-order valence-corrected chi connectivity index (χ3v) is 4.97. The zero-order chi connectivity index (χ0) is 18.3. The van der Waals surface area contributed by atoms with Crippen molar-refractivity contribution in [3.05, 3.63) is 23.1 Å². The highest BCUT2D eigenvalue weighted by molar-refractivity contribution is 6.06. The van der Waals surface area contributed by atoms with E-state index in [1.54, 1.807) is 13.3 Å². The monoisotopic (exact) mass is 354 g/mol. The molecule has 2 N–H and O–H groups in total. The molecule has 0 aliphatic heterocycles. The van der Waals surface area contributed by atoms with E-state index in [0.717, 1.165) is 30.2 Å². The molecule has 1 aliphatic rings. The second-order valence-electron chi connectivity index (χ2n) is 7.73.